The van der Waals surface area contributed by atoms with E-state index in [1.165, 1.54) is 25.3 Å². The number of aromatic carboxylic acids is 1. The lowest BCUT2D eigenvalue weighted by Gasteiger charge is -2.11. The number of imide groups is 1. The molecule has 2 amide bonds. The Morgan fingerprint density at radius 3 is 2.47 bits per heavy atom. The van der Waals surface area contributed by atoms with E-state index in [0.29, 0.717) is 11.3 Å². The maximum atomic E-state index is 12.5. The van der Waals surface area contributed by atoms with Crippen molar-refractivity contribution < 1.29 is 33.8 Å². The molecule has 1 fully saturated rings. The van der Waals surface area contributed by atoms with E-state index in [4.69, 9.17) is 9.84 Å². The summed E-state index contributed by atoms with van der Waals surface area (Å²) >= 11 is 0.736. The summed E-state index contributed by atoms with van der Waals surface area (Å²) in [5.41, 5.74) is 1.54. The number of esters is 1. The minimum atomic E-state index is -1.01. The van der Waals surface area contributed by atoms with E-state index < -0.39 is 29.6 Å². The number of thioether (sulfide) groups is 1. The van der Waals surface area contributed by atoms with Crippen LogP contribution in [0.2, 0.25) is 0 Å². The molecule has 3 rings (SSSR count). The summed E-state index contributed by atoms with van der Waals surface area (Å²) in [6.07, 6.45) is 1.53. The predicted octanol–water partition coefficient (Wildman–Crippen LogP) is 3.17. The molecule has 0 unspecified atom stereocenters. The summed E-state index contributed by atoms with van der Waals surface area (Å²) in [5.74, 6) is -1.78. The molecule has 0 aliphatic carbocycles. The molecule has 1 aliphatic rings. The summed E-state index contributed by atoms with van der Waals surface area (Å²) in [7, 11) is 1.18. The van der Waals surface area contributed by atoms with Gasteiger partial charge in [-0.3, -0.25) is 19.3 Å². The van der Waals surface area contributed by atoms with Crippen molar-refractivity contribution in [1.29, 1.82) is 0 Å². The molecule has 0 saturated carbocycles. The van der Waals surface area contributed by atoms with E-state index in [-0.39, 0.29) is 17.1 Å². The molecule has 0 aromatic heterocycles. The normalized spacial score (nSPS) is 14.8. The van der Waals surface area contributed by atoms with Crippen molar-refractivity contribution >= 4 is 40.9 Å². The molecular formula is C21H17NO7S. The van der Waals surface area contributed by atoms with Gasteiger partial charge < -0.3 is 14.6 Å². The van der Waals surface area contributed by atoms with Gasteiger partial charge in [-0.05, 0) is 41.6 Å². The standard InChI is InChI=1S/C21H17NO7S/c1-28-18(23)11-22-19(24)17(30-21(22)27)10-15-4-2-3-5-16(15)29-12-13-6-8-14(9-7-13)20(25)26/h2-10H,11-12H2,1H3,(H,25,26). The topological polar surface area (TPSA) is 110 Å². The number of methoxy groups -OCH3 is 1. The number of carboxylic acids is 1. The first-order chi connectivity index (χ1) is 14.4. The number of benzene rings is 2. The van der Waals surface area contributed by atoms with Gasteiger partial charge in [0.05, 0.1) is 17.6 Å². The van der Waals surface area contributed by atoms with Gasteiger partial charge in [-0.15, -0.1) is 0 Å². The quantitative estimate of drug-likeness (QED) is 0.530. The smallest absolute Gasteiger partial charge is 0.335 e. The molecule has 2 aromatic carbocycles. The number of rotatable bonds is 7. The Kier molecular flexibility index (Phi) is 6.53. The van der Waals surface area contributed by atoms with E-state index in [1.54, 1.807) is 36.4 Å². The molecular weight excluding hydrogens is 410 g/mol. The van der Waals surface area contributed by atoms with Crippen LogP contribution in [0.5, 0.6) is 5.75 Å². The van der Waals surface area contributed by atoms with Crippen LogP contribution in [-0.4, -0.2) is 46.7 Å². The van der Waals surface area contributed by atoms with Crippen LogP contribution in [-0.2, 0) is 20.9 Å². The second kappa shape index (κ2) is 9.27. The molecule has 1 saturated heterocycles. The van der Waals surface area contributed by atoms with Gasteiger partial charge in [0, 0.05) is 5.56 Å². The van der Waals surface area contributed by atoms with Crippen LogP contribution in [0.3, 0.4) is 0 Å². The van der Waals surface area contributed by atoms with Crippen LogP contribution >= 0.6 is 11.8 Å². The van der Waals surface area contributed by atoms with E-state index in [0.717, 1.165) is 22.2 Å². The molecule has 0 atom stereocenters. The zero-order valence-electron chi connectivity index (χ0n) is 15.9. The van der Waals surface area contributed by atoms with Crippen LogP contribution in [0.15, 0.2) is 53.4 Å². The van der Waals surface area contributed by atoms with Crippen molar-refractivity contribution in [2.75, 3.05) is 13.7 Å². The Labute approximate surface area is 176 Å². The predicted molar refractivity (Wildman–Crippen MR) is 109 cm³/mol. The second-order valence-corrected chi connectivity index (χ2v) is 7.17. The Morgan fingerprint density at radius 2 is 1.80 bits per heavy atom. The molecule has 30 heavy (non-hydrogen) atoms. The fourth-order valence-electron chi connectivity index (χ4n) is 2.61. The molecule has 2 aromatic rings. The highest BCUT2D eigenvalue weighted by Crippen LogP contribution is 2.34. The van der Waals surface area contributed by atoms with Gasteiger partial charge in [0.15, 0.2) is 0 Å². The summed E-state index contributed by atoms with van der Waals surface area (Å²) in [5, 5.41) is 8.41. The van der Waals surface area contributed by atoms with E-state index in [2.05, 4.69) is 4.74 Å². The molecule has 0 spiro atoms. The van der Waals surface area contributed by atoms with Gasteiger partial charge in [-0.2, -0.15) is 0 Å². The van der Waals surface area contributed by atoms with Gasteiger partial charge in [-0.25, -0.2) is 4.79 Å². The van der Waals surface area contributed by atoms with E-state index >= 15 is 0 Å². The lowest BCUT2D eigenvalue weighted by Crippen LogP contribution is -2.34. The number of amides is 2. The number of para-hydroxylation sites is 1. The number of carboxylic acid groups (broad SMARTS) is 1. The zero-order valence-corrected chi connectivity index (χ0v) is 16.7. The lowest BCUT2D eigenvalue weighted by molar-refractivity contribution is -0.143. The van der Waals surface area contributed by atoms with Crippen molar-refractivity contribution in [2.45, 2.75) is 6.61 Å². The third kappa shape index (κ3) is 4.87. The van der Waals surface area contributed by atoms with Crippen molar-refractivity contribution in [3.8, 4) is 5.75 Å². The fraction of sp³-hybridized carbons (Fsp3) is 0.143. The largest absolute Gasteiger partial charge is 0.488 e. The van der Waals surface area contributed by atoms with Gasteiger partial charge in [-0.1, -0.05) is 30.3 Å². The minimum absolute atomic E-state index is 0.172. The lowest BCUT2D eigenvalue weighted by atomic mass is 10.1. The Balaban J connectivity index is 1.75. The van der Waals surface area contributed by atoms with Crippen molar-refractivity contribution in [3.05, 3.63) is 70.1 Å². The van der Waals surface area contributed by atoms with Gasteiger partial charge >= 0.3 is 11.9 Å². The van der Waals surface area contributed by atoms with E-state index in [1.807, 2.05) is 0 Å². The summed E-state index contributed by atoms with van der Waals surface area (Å²) in [4.78, 5) is 47.9. The van der Waals surface area contributed by atoms with Crippen LogP contribution in [0, 0.1) is 0 Å². The number of hydrogen-bond donors (Lipinski definition) is 1. The minimum Gasteiger partial charge on any atom is -0.488 e. The first kappa shape index (κ1) is 21.1. The monoisotopic (exact) mass is 427 g/mol. The molecule has 9 heteroatoms. The van der Waals surface area contributed by atoms with E-state index in [9.17, 15) is 19.2 Å². The Bertz CT molecular complexity index is 1030. The van der Waals surface area contributed by atoms with Crippen LogP contribution in [0.4, 0.5) is 4.79 Å². The number of carbonyl (C=O) groups excluding carboxylic acids is 3. The van der Waals surface area contributed by atoms with Gasteiger partial charge in [0.1, 0.15) is 18.9 Å². The number of ether oxygens (including phenoxy) is 2. The van der Waals surface area contributed by atoms with Gasteiger partial charge in [0.25, 0.3) is 11.1 Å². The van der Waals surface area contributed by atoms with Crippen LogP contribution in [0.25, 0.3) is 6.08 Å². The molecule has 0 bridgehead atoms. The zero-order chi connectivity index (χ0) is 21.7. The molecule has 1 N–H and O–H groups in total. The highest BCUT2D eigenvalue weighted by molar-refractivity contribution is 8.18. The third-order valence-corrected chi connectivity index (χ3v) is 5.10. The summed E-state index contributed by atoms with van der Waals surface area (Å²) in [6, 6.07) is 13.3. The molecule has 8 nitrogen and oxygen atoms in total. The van der Waals surface area contributed by atoms with Gasteiger partial charge in [0.2, 0.25) is 0 Å². The van der Waals surface area contributed by atoms with Crippen LogP contribution < -0.4 is 4.74 Å². The average Bonchev–Trinajstić information content (AvgIpc) is 3.00. The second-order valence-electron chi connectivity index (χ2n) is 6.17. The molecule has 0 radical (unpaired) electrons. The first-order valence-corrected chi connectivity index (χ1v) is 9.57. The third-order valence-electron chi connectivity index (χ3n) is 4.19. The number of carbonyl (C=O) groups is 4. The first-order valence-electron chi connectivity index (χ1n) is 8.75. The van der Waals surface area contributed by atoms with Crippen molar-refractivity contribution in [2.24, 2.45) is 0 Å². The number of hydrogen-bond acceptors (Lipinski definition) is 7. The molecule has 1 heterocycles. The van der Waals surface area contributed by atoms with Crippen molar-refractivity contribution in [3.63, 3.8) is 0 Å². The molecule has 154 valence electrons. The SMILES string of the molecule is COC(=O)CN1C(=O)SC(=Cc2ccccc2OCc2ccc(C(=O)O)cc2)C1=O. The maximum absolute atomic E-state index is 12.5. The number of nitrogens with zero attached hydrogens (tertiary/aromatic N) is 1. The molecule has 1 aliphatic heterocycles. The highest BCUT2D eigenvalue weighted by atomic mass is 32.2. The Morgan fingerprint density at radius 1 is 1.10 bits per heavy atom. The summed E-state index contributed by atoms with van der Waals surface area (Å²) in [6.45, 7) is -0.252. The maximum Gasteiger partial charge on any atom is 0.335 e. The highest BCUT2D eigenvalue weighted by Gasteiger charge is 2.36. The summed E-state index contributed by atoms with van der Waals surface area (Å²) < 4.78 is 10.3. The van der Waals surface area contributed by atoms with Crippen molar-refractivity contribution in [1.82, 2.24) is 4.90 Å². The Hall–Kier alpha value is -3.59. The fourth-order valence-corrected chi connectivity index (χ4v) is 3.44. The average molecular weight is 427 g/mol. The van der Waals surface area contributed by atoms with Crippen LogP contribution in [0.1, 0.15) is 21.5 Å².